The van der Waals surface area contributed by atoms with Gasteiger partial charge in [-0.1, -0.05) is 103 Å². The number of aromatic nitrogens is 2. The number of nitrogens with zero attached hydrogens (tertiary/aromatic N) is 2. The van der Waals surface area contributed by atoms with Crippen LogP contribution in [0, 0.1) is 0 Å². The maximum absolute atomic E-state index is 6.27. The van der Waals surface area contributed by atoms with Crippen LogP contribution in [0.2, 0.25) is 0 Å². The first-order chi connectivity index (χ1) is 20.3. The molecule has 0 unspecified atom stereocenters. The maximum atomic E-state index is 6.27. The third-order valence-electron chi connectivity index (χ3n) is 8.21. The van der Waals surface area contributed by atoms with E-state index >= 15 is 0 Å². The summed E-state index contributed by atoms with van der Waals surface area (Å²) in [5, 5.41) is 9.60. The van der Waals surface area contributed by atoms with Gasteiger partial charge in [-0.15, -0.1) is 0 Å². The first-order valence-corrected chi connectivity index (χ1v) is 13.8. The summed E-state index contributed by atoms with van der Waals surface area (Å²) in [6.07, 6.45) is 0. The smallest absolute Gasteiger partial charge is 0.136 e. The highest BCUT2D eigenvalue weighted by Crippen LogP contribution is 2.41. The first-order valence-electron chi connectivity index (χ1n) is 13.8. The van der Waals surface area contributed by atoms with Crippen molar-refractivity contribution in [3.8, 4) is 22.5 Å². The largest absolute Gasteiger partial charge is 0.456 e. The molecule has 41 heavy (non-hydrogen) atoms. The lowest BCUT2D eigenvalue weighted by molar-refractivity contribution is 0.669. The molecule has 0 bridgehead atoms. The fourth-order valence-corrected chi connectivity index (χ4v) is 6.33. The third kappa shape index (κ3) is 3.33. The van der Waals surface area contributed by atoms with Gasteiger partial charge in [0, 0.05) is 27.3 Å². The van der Waals surface area contributed by atoms with Gasteiger partial charge in [-0.25, -0.2) is 9.97 Å². The van der Waals surface area contributed by atoms with Crippen LogP contribution in [0.5, 0.6) is 0 Å². The van der Waals surface area contributed by atoms with Gasteiger partial charge in [-0.2, -0.15) is 0 Å². The summed E-state index contributed by atoms with van der Waals surface area (Å²) in [6.45, 7) is 0. The second-order valence-corrected chi connectivity index (χ2v) is 10.6. The molecule has 9 rings (SSSR count). The topological polar surface area (TPSA) is 38.9 Å². The number of hydrogen-bond acceptors (Lipinski definition) is 3. The quantitative estimate of drug-likeness (QED) is 0.212. The van der Waals surface area contributed by atoms with Gasteiger partial charge in [0.05, 0.1) is 22.4 Å². The van der Waals surface area contributed by atoms with E-state index in [-0.39, 0.29) is 0 Å². The summed E-state index contributed by atoms with van der Waals surface area (Å²) in [7, 11) is 0. The van der Waals surface area contributed by atoms with Gasteiger partial charge in [-0.3, -0.25) is 0 Å². The number of para-hydroxylation sites is 3. The summed E-state index contributed by atoms with van der Waals surface area (Å²) in [5.41, 5.74) is 7.49. The molecule has 3 heteroatoms. The highest BCUT2D eigenvalue weighted by atomic mass is 16.3. The molecule has 9 aromatic rings. The number of furan rings is 1. The normalized spacial score (nSPS) is 11.9. The molecule has 0 amide bonds. The average Bonchev–Trinajstić information content (AvgIpc) is 3.43. The zero-order valence-corrected chi connectivity index (χ0v) is 22.0. The van der Waals surface area contributed by atoms with Crippen LogP contribution < -0.4 is 0 Å². The molecule has 0 aliphatic heterocycles. The van der Waals surface area contributed by atoms with Crippen molar-refractivity contribution >= 4 is 65.3 Å². The standard InChI is InChI=1S/C38H22N2O/c1-2-8-25(9-3-1)37-38(40-31-12-6-5-11-30(31)39-37)27-18-20-28-26(22-27)17-16-23-14-15-24-19-21-33-36(35(24)34(23)28)29-10-4-7-13-32(29)41-33/h1-22H. The van der Waals surface area contributed by atoms with Gasteiger partial charge in [0.15, 0.2) is 0 Å². The second kappa shape index (κ2) is 8.48. The van der Waals surface area contributed by atoms with Gasteiger partial charge in [0.2, 0.25) is 0 Å². The highest BCUT2D eigenvalue weighted by Gasteiger charge is 2.17. The minimum absolute atomic E-state index is 0.887. The Morgan fingerprint density at radius 2 is 1.02 bits per heavy atom. The van der Waals surface area contributed by atoms with Crippen LogP contribution in [0.4, 0.5) is 0 Å². The second-order valence-electron chi connectivity index (χ2n) is 10.6. The van der Waals surface area contributed by atoms with E-state index in [2.05, 4.69) is 78.9 Å². The van der Waals surface area contributed by atoms with E-state index in [0.717, 1.165) is 50.1 Å². The minimum Gasteiger partial charge on any atom is -0.456 e. The van der Waals surface area contributed by atoms with Crippen molar-refractivity contribution in [3.05, 3.63) is 133 Å². The SMILES string of the molecule is c1ccc(-c2nc3ccccc3nc2-c2ccc3c(ccc4ccc5ccc6oc7ccccc7c6c5c43)c2)cc1. The summed E-state index contributed by atoms with van der Waals surface area (Å²) < 4.78 is 6.27. The van der Waals surface area contributed by atoms with Crippen molar-refractivity contribution in [1.29, 1.82) is 0 Å². The lowest BCUT2D eigenvalue weighted by Crippen LogP contribution is -1.95. The number of rotatable bonds is 2. The van der Waals surface area contributed by atoms with E-state index in [4.69, 9.17) is 14.4 Å². The van der Waals surface area contributed by atoms with Gasteiger partial charge in [0.1, 0.15) is 11.2 Å². The van der Waals surface area contributed by atoms with Gasteiger partial charge in [-0.05, 0) is 57.3 Å². The fraction of sp³-hybridized carbons (Fsp3) is 0. The van der Waals surface area contributed by atoms with E-state index in [1.165, 1.54) is 37.7 Å². The molecule has 0 atom stereocenters. The van der Waals surface area contributed by atoms with E-state index in [0.29, 0.717) is 0 Å². The van der Waals surface area contributed by atoms with Crippen LogP contribution in [0.3, 0.4) is 0 Å². The van der Waals surface area contributed by atoms with E-state index in [9.17, 15) is 0 Å². The Morgan fingerprint density at radius 3 is 1.83 bits per heavy atom. The van der Waals surface area contributed by atoms with Gasteiger partial charge < -0.3 is 4.42 Å². The molecule has 0 N–H and O–H groups in total. The summed E-state index contributed by atoms with van der Waals surface area (Å²) in [4.78, 5) is 10.2. The fourth-order valence-electron chi connectivity index (χ4n) is 6.33. The van der Waals surface area contributed by atoms with Crippen LogP contribution >= 0.6 is 0 Å². The van der Waals surface area contributed by atoms with Crippen molar-refractivity contribution in [3.63, 3.8) is 0 Å². The van der Waals surface area contributed by atoms with Crippen LogP contribution in [-0.4, -0.2) is 9.97 Å². The summed E-state index contributed by atoms with van der Waals surface area (Å²) >= 11 is 0. The Morgan fingerprint density at radius 1 is 0.390 bits per heavy atom. The number of fused-ring (bicyclic) bond motifs is 10. The lowest BCUT2D eigenvalue weighted by atomic mass is 9.92. The van der Waals surface area contributed by atoms with Crippen molar-refractivity contribution in [2.45, 2.75) is 0 Å². The predicted molar refractivity (Wildman–Crippen MR) is 170 cm³/mol. The third-order valence-corrected chi connectivity index (χ3v) is 8.21. The molecule has 3 nitrogen and oxygen atoms in total. The number of hydrogen-bond donors (Lipinski definition) is 0. The lowest BCUT2D eigenvalue weighted by Gasteiger charge is -2.13. The molecule has 0 saturated carbocycles. The van der Waals surface area contributed by atoms with Gasteiger partial charge in [0.25, 0.3) is 0 Å². The molecule has 2 aromatic heterocycles. The predicted octanol–water partition coefficient (Wildman–Crippen LogP) is 10.3. The monoisotopic (exact) mass is 522 g/mol. The molecule has 0 aliphatic rings. The van der Waals surface area contributed by atoms with Crippen LogP contribution in [0.25, 0.3) is 87.8 Å². The van der Waals surface area contributed by atoms with E-state index in [1.54, 1.807) is 0 Å². The molecule has 0 radical (unpaired) electrons. The summed E-state index contributed by atoms with van der Waals surface area (Å²) in [5.74, 6) is 0. The molecule has 0 aliphatic carbocycles. The zero-order chi connectivity index (χ0) is 26.9. The Kier molecular flexibility index (Phi) is 4.61. The van der Waals surface area contributed by atoms with Gasteiger partial charge >= 0.3 is 0 Å². The average molecular weight is 523 g/mol. The van der Waals surface area contributed by atoms with E-state index < -0.39 is 0 Å². The van der Waals surface area contributed by atoms with Crippen molar-refractivity contribution in [2.24, 2.45) is 0 Å². The molecule has 2 heterocycles. The Balaban J connectivity index is 1.36. The minimum atomic E-state index is 0.887. The first kappa shape index (κ1) is 22.3. The Bertz CT molecular complexity index is 2470. The molecule has 0 fully saturated rings. The Labute approximate surface area is 235 Å². The van der Waals surface area contributed by atoms with E-state index in [1.807, 2.05) is 54.6 Å². The molecule has 0 spiro atoms. The van der Waals surface area contributed by atoms with Crippen molar-refractivity contribution in [2.75, 3.05) is 0 Å². The Hall–Kier alpha value is -5.54. The molecular weight excluding hydrogens is 500 g/mol. The molecule has 0 saturated heterocycles. The highest BCUT2D eigenvalue weighted by molar-refractivity contribution is 6.31. The van der Waals surface area contributed by atoms with Crippen LogP contribution in [-0.2, 0) is 0 Å². The zero-order valence-electron chi connectivity index (χ0n) is 22.0. The van der Waals surface area contributed by atoms with Crippen LogP contribution in [0.1, 0.15) is 0 Å². The van der Waals surface area contributed by atoms with Crippen LogP contribution in [0.15, 0.2) is 138 Å². The molecule has 7 aromatic carbocycles. The van der Waals surface area contributed by atoms with Crippen molar-refractivity contribution in [1.82, 2.24) is 9.97 Å². The maximum Gasteiger partial charge on any atom is 0.136 e. The molecular formula is C38H22N2O. The summed E-state index contributed by atoms with van der Waals surface area (Å²) in [6, 6.07) is 46.6. The van der Waals surface area contributed by atoms with Crippen molar-refractivity contribution < 1.29 is 4.42 Å². The molecule has 190 valence electrons. The number of benzene rings is 7.